The van der Waals surface area contributed by atoms with E-state index in [-0.39, 0.29) is 22.7 Å². The van der Waals surface area contributed by atoms with Crippen molar-refractivity contribution in [2.75, 3.05) is 6.54 Å². The molecule has 0 aromatic carbocycles. The molecule has 1 saturated carbocycles. The van der Waals surface area contributed by atoms with Gasteiger partial charge in [-0.25, -0.2) is 13.2 Å². The number of aromatic nitrogens is 1. The Hall–Kier alpha value is -1.34. The van der Waals surface area contributed by atoms with Gasteiger partial charge < -0.3 is 9.67 Å². The van der Waals surface area contributed by atoms with E-state index in [4.69, 9.17) is 0 Å². The molecule has 0 amide bonds. The normalized spacial score (nSPS) is 23.6. The van der Waals surface area contributed by atoms with E-state index >= 15 is 0 Å². The SMILES string of the molecule is CCC1CCCN1S(=O)(=O)c1cc(C(=O)O)n(C2CC2)c1. The van der Waals surface area contributed by atoms with Crippen molar-refractivity contribution in [3.63, 3.8) is 0 Å². The molecule has 6 nitrogen and oxygen atoms in total. The Balaban J connectivity index is 1.99. The van der Waals surface area contributed by atoms with Crippen LogP contribution in [0.4, 0.5) is 0 Å². The van der Waals surface area contributed by atoms with Gasteiger partial charge in [-0.1, -0.05) is 6.92 Å². The lowest BCUT2D eigenvalue weighted by Crippen LogP contribution is -2.34. The van der Waals surface area contributed by atoms with Gasteiger partial charge in [0, 0.05) is 24.8 Å². The van der Waals surface area contributed by atoms with Crippen molar-refractivity contribution in [2.24, 2.45) is 0 Å². The largest absolute Gasteiger partial charge is 0.477 e. The molecule has 1 aliphatic carbocycles. The second-order valence-electron chi connectivity index (χ2n) is 5.82. The summed E-state index contributed by atoms with van der Waals surface area (Å²) in [7, 11) is -3.59. The standard InChI is InChI=1S/C14H20N2O4S/c1-2-10-4-3-7-16(10)21(19,20)12-8-13(14(17)18)15(9-12)11-5-6-11/h8-11H,2-7H2,1H3,(H,17,18). The number of carbonyl (C=O) groups is 1. The lowest BCUT2D eigenvalue weighted by atomic mass is 10.2. The second kappa shape index (κ2) is 5.14. The van der Waals surface area contributed by atoms with Crippen LogP contribution in [0.3, 0.4) is 0 Å². The first kappa shape index (κ1) is 14.6. The highest BCUT2D eigenvalue weighted by molar-refractivity contribution is 7.89. The zero-order valence-electron chi connectivity index (χ0n) is 12.0. The molecule has 1 atom stereocenters. The minimum Gasteiger partial charge on any atom is -0.477 e. The van der Waals surface area contributed by atoms with Gasteiger partial charge in [-0.2, -0.15) is 4.31 Å². The van der Waals surface area contributed by atoms with Gasteiger partial charge in [0.05, 0.1) is 0 Å². The number of carboxylic acids is 1. The van der Waals surface area contributed by atoms with E-state index in [9.17, 15) is 18.3 Å². The molecule has 2 aliphatic rings. The molecule has 21 heavy (non-hydrogen) atoms. The van der Waals surface area contributed by atoms with E-state index in [1.54, 1.807) is 4.57 Å². The van der Waals surface area contributed by atoms with Crippen LogP contribution in [0.25, 0.3) is 0 Å². The third kappa shape index (κ3) is 2.48. The van der Waals surface area contributed by atoms with Crippen molar-refractivity contribution >= 4 is 16.0 Å². The van der Waals surface area contributed by atoms with Crippen LogP contribution in [0.5, 0.6) is 0 Å². The number of rotatable bonds is 5. The third-order valence-corrected chi connectivity index (χ3v) is 6.30. The lowest BCUT2D eigenvalue weighted by Gasteiger charge is -2.22. The van der Waals surface area contributed by atoms with E-state index in [1.165, 1.54) is 16.6 Å². The molecule has 116 valence electrons. The second-order valence-corrected chi connectivity index (χ2v) is 7.72. The van der Waals surface area contributed by atoms with E-state index in [2.05, 4.69) is 0 Å². The molecule has 1 aromatic rings. The summed E-state index contributed by atoms with van der Waals surface area (Å²) in [6, 6.07) is 1.48. The number of nitrogens with zero attached hydrogens (tertiary/aromatic N) is 2. The van der Waals surface area contributed by atoms with Gasteiger partial charge in [-0.05, 0) is 38.2 Å². The van der Waals surface area contributed by atoms with E-state index < -0.39 is 16.0 Å². The molecule has 0 bridgehead atoms. The molecule has 1 saturated heterocycles. The summed E-state index contributed by atoms with van der Waals surface area (Å²) in [5.74, 6) is -1.07. The molecule has 1 aliphatic heterocycles. The van der Waals surface area contributed by atoms with E-state index in [1.807, 2.05) is 6.92 Å². The highest BCUT2D eigenvalue weighted by Gasteiger charge is 2.37. The lowest BCUT2D eigenvalue weighted by molar-refractivity contribution is 0.0685. The predicted molar refractivity (Wildman–Crippen MR) is 76.9 cm³/mol. The van der Waals surface area contributed by atoms with Crippen LogP contribution in [-0.2, 0) is 10.0 Å². The molecular formula is C14H20N2O4S. The zero-order chi connectivity index (χ0) is 15.2. The quantitative estimate of drug-likeness (QED) is 0.903. The summed E-state index contributed by atoms with van der Waals surface area (Å²) in [5.41, 5.74) is 0.0725. The van der Waals surface area contributed by atoms with Crippen molar-refractivity contribution in [3.8, 4) is 0 Å². The van der Waals surface area contributed by atoms with Crippen molar-refractivity contribution in [3.05, 3.63) is 18.0 Å². The minimum atomic E-state index is -3.59. The Labute approximate surface area is 124 Å². The highest BCUT2D eigenvalue weighted by atomic mass is 32.2. The summed E-state index contributed by atoms with van der Waals surface area (Å²) in [6.07, 6.45) is 5.86. The van der Waals surface area contributed by atoms with Crippen LogP contribution in [0.15, 0.2) is 17.2 Å². The topological polar surface area (TPSA) is 79.6 Å². The van der Waals surface area contributed by atoms with Crippen molar-refractivity contribution in [1.29, 1.82) is 0 Å². The molecule has 2 heterocycles. The van der Waals surface area contributed by atoms with Gasteiger partial charge in [-0.15, -0.1) is 0 Å². The van der Waals surface area contributed by atoms with Gasteiger partial charge in [0.2, 0.25) is 10.0 Å². The number of hydrogen-bond acceptors (Lipinski definition) is 3. The van der Waals surface area contributed by atoms with Crippen molar-refractivity contribution in [1.82, 2.24) is 8.87 Å². The summed E-state index contributed by atoms with van der Waals surface area (Å²) in [6.45, 7) is 2.51. The highest BCUT2D eigenvalue weighted by Crippen LogP contribution is 2.38. The van der Waals surface area contributed by atoms with Crippen molar-refractivity contribution < 1.29 is 18.3 Å². The van der Waals surface area contributed by atoms with Gasteiger partial charge >= 0.3 is 5.97 Å². The molecule has 7 heteroatoms. The fourth-order valence-corrected chi connectivity index (χ4v) is 4.88. The van der Waals surface area contributed by atoms with Gasteiger partial charge in [-0.3, -0.25) is 0 Å². The summed E-state index contributed by atoms with van der Waals surface area (Å²) in [5, 5.41) is 9.26. The van der Waals surface area contributed by atoms with Crippen molar-refractivity contribution in [2.45, 2.75) is 56.0 Å². The van der Waals surface area contributed by atoms with Crippen LogP contribution in [-0.4, -0.2) is 41.0 Å². The third-order valence-electron chi connectivity index (χ3n) is 4.38. The maximum Gasteiger partial charge on any atom is 0.352 e. The molecule has 0 radical (unpaired) electrons. The first-order valence-corrected chi connectivity index (χ1v) is 8.86. The number of carboxylic acid groups (broad SMARTS) is 1. The maximum atomic E-state index is 12.8. The molecule has 1 N–H and O–H groups in total. The molecule has 2 fully saturated rings. The Morgan fingerprint density at radius 3 is 2.67 bits per heavy atom. The predicted octanol–water partition coefficient (Wildman–Crippen LogP) is 2.08. The van der Waals surface area contributed by atoms with E-state index in [0.717, 1.165) is 32.1 Å². The Morgan fingerprint density at radius 2 is 2.10 bits per heavy atom. The van der Waals surface area contributed by atoms with Gasteiger partial charge in [0.15, 0.2) is 0 Å². The smallest absolute Gasteiger partial charge is 0.352 e. The average molecular weight is 312 g/mol. The summed E-state index contributed by atoms with van der Waals surface area (Å²) in [4.78, 5) is 11.4. The summed E-state index contributed by atoms with van der Waals surface area (Å²) < 4.78 is 28.6. The number of hydrogen-bond donors (Lipinski definition) is 1. The molecular weight excluding hydrogens is 292 g/mol. The number of aromatic carboxylic acids is 1. The Kier molecular flexibility index (Phi) is 3.57. The van der Waals surface area contributed by atoms with Gasteiger partial charge in [0.25, 0.3) is 0 Å². The van der Waals surface area contributed by atoms with Crippen LogP contribution >= 0.6 is 0 Å². The molecule has 0 spiro atoms. The fourth-order valence-electron chi connectivity index (χ4n) is 3.09. The molecule has 1 aromatic heterocycles. The fraction of sp³-hybridized carbons (Fsp3) is 0.643. The minimum absolute atomic E-state index is 0.0348. The van der Waals surface area contributed by atoms with Crippen LogP contribution < -0.4 is 0 Å². The molecule has 3 rings (SSSR count). The van der Waals surface area contributed by atoms with Gasteiger partial charge in [0.1, 0.15) is 10.6 Å². The van der Waals surface area contributed by atoms with Crippen LogP contribution in [0, 0.1) is 0 Å². The first-order valence-electron chi connectivity index (χ1n) is 7.42. The maximum absolute atomic E-state index is 12.8. The molecule has 1 unspecified atom stereocenters. The van der Waals surface area contributed by atoms with Crippen LogP contribution in [0.1, 0.15) is 55.6 Å². The first-order chi connectivity index (χ1) is 9.95. The average Bonchev–Trinajstić information content (AvgIpc) is 3.01. The Bertz CT molecular complexity index is 661. The number of sulfonamides is 1. The summed E-state index contributed by atoms with van der Waals surface area (Å²) >= 11 is 0. The Morgan fingerprint density at radius 1 is 1.38 bits per heavy atom. The van der Waals surface area contributed by atoms with Crippen LogP contribution in [0.2, 0.25) is 0 Å². The van der Waals surface area contributed by atoms with E-state index in [0.29, 0.717) is 6.54 Å². The zero-order valence-corrected chi connectivity index (χ0v) is 12.8. The monoisotopic (exact) mass is 312 g/mol.